The van der Waals surface area contributed by atoms with Gasteiger partial charge in [0.25, 0.3) is 0 Å². The average Bonchev–Trinajstić information content (AvgIpc) is 2.46. The highest BCUT2D eigenvalue weighted by molar-refractivity contribution is 6.64. The number of halogens is 1. The molecule has 3 aliphatic carbocycles. The second kappa shape index (κ2) is 6.27. The third-order valence-electron chi connectivity index (χ3n) is 7.50. The van der Waals surface area contributed by atoms with Crippen LogP contribution in [-0.2, 0) is 9.53 Å². The van der Waals surface area contributed by atoms with E-state index in [1.54, 1.807) is 0 Å². The minimum atomic E-state index is -0.279. The van der Waals surface area contributed by atoms with E-state index in [1.807, 2.05) is 0 Å². The van der Waals surface area contributed by atoms with Gasteiger partial charge in [-0.3, -0.25) is 4.79 Å². The molecule has 0 aromatic heterocycles. The Kier molecular flexibility index (Phi) is 4.88. The lowest BCUT2D eigenvalue weighted by Crippen LogP contribution is -2.52. The number of rotatable bonds is 2. The Labute approximate surface area is 153 Å². The van der Waals surface area contributed by atoms with Crippen molar-refractivity contribution >= 4 is 16.8 Å². The SMILES string of the molecule is CC(C)(C)O[C@@H]1CC[C@]2(C)C3CC[C@](C)(C(=O)Cl)CC3CC[C@H]2C1. The van der Waals surface area contributed by atoms with E-state index in [0.29, 0.717) is 17.4 Å². The highest BCUT2D eigenvalue weighted by Gasteiger charge is 2.54. The maximum atomic E-state index is 11.9. The van der Waals surface area contributed by atoms with E-state index in [4.69, 9.17) is 16.3 Å². The lowest BCUT2D eigenvalue weighted by molar-refractivity contribution is -0.146. The van der Waals surface area contributed by atoms with Gasteiger partial charge in [-0.1, -0.05) is 13.8 Å². The first-order valence-electron chi connectivity index (χ1n) is 9.91. The van der Waals surface area contributed by atoms with Gasteiger partial charge in [-0.25, -0.2) is 0 Å². The molecule has 6 atom stereocenters. The molecule has 0 heterocycles. The van der Waals surface area contributed by atoms with Crippen LogP contribution in [0.4, 0.5) is 0 Å². The van der Waals surface area contributed by atoms with Gasteiger partial charge in [0.2, 0.25) is 5.24 Å². The minimum Gasteiger partial charge on any atom is -0.373 e. The molecular formula is C21H35ClO2. The molecule has 0 bridgehead atoms. The fourth-order valence-electron chi connectivity index (χ4n) is 6.22. The van der Waals surface area contributed by atoms with E-state index in [0.717, 1.165) is 24.7 Å². The predicted octanol–water partition coefficient (Wildman–Crippen LogP) is 5.96. The summed E-state index contributed by atoms with van der Waals surface area (Å²) in [5.41, 5.74) is 0.124. The third kappa shape index (κ3) is 3.43. The van der Waals surface area contributed by atoms with Crippen molar-refractivity contribution in [1.29, 1.82) is 0 Å². The zero-order valence-corrected chi connectivity index (χ0v) is 16.9. The molecule has 0 radical (unpaired) electrons. The molecular weight excluding hydrogens is 320 g/mol. The molecule has 0 aliphatic heterocycles. The van der Waals surface area contributed by atoms with Crippen LogP contribution in [0.2, 0.25) is 0 Å². The monoisotopic (exact) mass is 354 g/mol. The Morgan fingerprint density at radius 2 is 1.79 bits per heavy atom. The van der Waals surface area contributed by atoms with Crippen molar-refractivity contribution < 1.29 is 9.53 Å². The van der Waals surface area contributed by atoms with Crippen LogP contribution < -0.4 is 0 Å². The molecule has 0 spiro atoms. The zero-order valence-electron chi connectivity index (χ0n) is 16.2. The van der Waals surface area contributed by atoms with E-state index in [1.165, 1.54) is 38.5 Å². The quantitative estimate of drug-likeness (QED) is 0.572. The average molecular weight is 355 g/mol. The highest BCUT2D eigenvalue weighted by atomic mass is 35.5. The largest absolute Gasteiger partial charge is 0.373 e. The smallest absolute Gasteiger partial charge is 0.227 e. The molecule has 138 valence electrons. The Hall–Kier alpha value is -0.0800. The molecule has 0 amide bonds. The van der Waals surface area contributed by atoms with E-state index >= 15 is 0 Å². The third-order valence-corrected chi connectivity index (χ3v) is 7.96. The lowest BCUT2D eigenvalue weighted by atomic mass is 9.47. The fraction of sp³-hybridized carbons (Fsp3) is 0.952. The van der Waals surface area contributed by atoms with Gasteiger partial charge in [-0.2, -0.15) is 0 Å². The van der Waals surface area contributed by atoms with Gasteiger partial charge in [0, 0.05) is 5.41 Å². The number of ether oxygens (including phenoxy) is 1. The van der Waals surface area contributed by atoms with E-state index < -0.39 is 0 Å². The van der Waals surface area contributed by atoms with Crippen molar-refractivity contribution in [3.63, 3.8) is 0 Å². The molecule has 0 N–H and O–H groups in total. The molecule has 3 heteroatoms. The molecule has 2 unspecified atom stereocenters. The van der Waals surface area contributed by atoms with Gasteiger partial charge in [0.1, 0.15) is 0 Å². The first-order chi connectivity index (χ1) is 11.0. The zero-order chi connectivity index (χ0) is 17.8. The maximum absolute atomic E-state index is 11.9. The van der Waals surface area contributed by atoms with Crippen molar-refractivity contribution in [2.24, 2.45) is 28.6 Å². The molecule has 0 saturated heterocycles. The topological polar surface area (TPSA) is 26.3 Å². The predicted molar refractivity (Wildman–Crippen MR) is 99.1 cm³/mol. The number of hydrogen-bond acceptors (Lipinski definition) is 2. The van der Waals surface area contributed by atoms with Gasteiger partial charge in [-0.05, 0) is 107 Å². The van der Waals surface area contributed by atoms with E-state index in [2.05, 4.69) is 34.6 Å². The Morgan fingerprint density at radius 3 is 2.42 bits per heavy atom. The van der Waals surface area contributed by atoms with Crippen LogP contribution in [0, 0.1) is 28.6 Å². The Morgan fingerprint density at radius 1 is 1.08 bits per heavy atom. The number of fused-ring (bicyclic) bond motifs is 3. The number of carbonyl (C=O) groups excluding carboxylic acids is 1. The molecule has 0 aromatic rings. The first kappa shape index (κ1) is 18.7. The molecule has 24 heavy (non-hydrogen) atoms. The summed E-state index contributed by atoms with van der Waals surface area (Å²) < 4.78 is 6.31. The van der Waals surface area contributed by atoms with Crippen LogP contribution in [0.5, 0.6) is 0 Å². The number of carbonyl (C=O) groups is 1. The fourth-order valence-corrected chi connectivity index (χ4v) is 6.39. The van der Waals surface area contributed by atoms with Crippen LogP contribution in [0.15, 0.2) is 0 Å². The standard InChI is InChI=1S/C21H35ClO2/c1-19(2,3)24-16-8-11-21(5)15(12-16)7-6-14-13-20(4,18(22)23)10-9-17(14)21/h14-17H,6-13H2,1-5H3/t14?,15-,16+,17?,20-,21-/m0/s1. The molecule has 3 fully saturated rings. The molecule has 3 aliphatic rings. The lowest BCUT2D eigenvalue weighted by Gasteiger charge is -2.58. The van der Waals surface area contributed by atoms with Crippen LogP contribution >= 0.6 is 11.6 Å². The van der Waals surface area contributed by atoms with Crippen molar-refractivity contribution in [2.75, 3.05) is 0 Å². The van der Waals surface area contributed by atoms with E-state index in [9.17, 15) is 4.79 Å². The van der Waals surface area contributed by atoms with Crippen molar-refractivity contribution in [3.05, 3.63) is 0 Å². The van der Waals surface area contributed by atoms with Crippen molar-refractivity contribution in [3.8, 4) is 0 Å². The van der Waals surface area contributed by atoms with Gasteiger partial charge in [-0.15, -0.1) is 0 Å². The summed E-state index contributed by atoms with van der Waals surface area (Å²) in [5, 5.41) is -0.115. The molecule has 3 rings (SSSR count). The summed E-state index contributed by atoms with van der Waals surface area (Å²) in [6.45, 7) is 11.1. The molecule has 3 saturated carbocycles. The molecule has 2 nitrogen and oxygen atoms in total. The maximum Gasteiger partial charge on any atom is 0.227 e. The summed E-state index contributed by atoms with van der Waals surface area (Å²) in [5.74, 6) is 2.25. The normalized spacial score (nSPS) is 46.1. The summed E-state index contributed by atoms with van der Waals surface area (Å²) in [6.07, 6.45) is 9.86. The molecule has 0 aromatic carbocycles. The summed E-state index contributed by atoms with van der Waals surface area (Å²) in [7, 11) is 0. The van der Waals surface area contributed by atoms with Gasteiger partial charge in [0.15, 0.2) is 0 Å². The van der Waals surface area contributed by atoms with Gasteiger partial charge in [0.05, 0.1) is 11.7 Å². The Bertz CT molecular complexity index is 497. The summed E-state index contributed by atoms with van der Waals surface area (Å²) in [4.78, 5) is 11.9. The van der Waals surface area contributed by atoms with Crippen LogP contribution in [-0.4, -0.2) is 16.9 Å². The van der Waals surface area contributed by atoms with Crippen LogP contribution in [0.1, 0.15) is 86.0 Å². The second-order valence-corrected chi connectivity index (χ2v) is 10.7. The minimum absolute atomic E-state index is 0.0387. The van der Waals surface area contributed by atoms with Crippen LogP contribution in [0.3, 0.4) is 0 Å². The highest BCUT2D eigenvalue weighted by Crippen LogP contribution is 2.61. The Balaban J connectivity index is 1.71. The van der Waals surface area contributed by atoms with Crippen molar-refractivity contribution in [1.82, 2.24) is 0 Å². The summed E-state index contributed by atoms with van der Waals surface area (Å²) >= 11 is 5.93. The van der Waals surface area contributed by atoms with Gasteiger partial charge < -0.3 is 4.74 Å². The van der Waals surface area contributed by atoms with Crippen molar-refractivity contribution in [2.45, 2.75) is 97.7 Å². The summed E-state index contributed by atoms with van der Waals surface area (Å²) in [6, 6.07) is 0. The van der Waals surface area contributed by atoms with E-state index in [-0.39, 0.29) is 16.3 Å². The second-order valence-electron chi connectivity index (χ2n) is 10.4. The van der Waals surface area contributed by atoms with Gasteiger partial charge >= 0.3 is 0 Å². The first-order valence-corrected chi connectivity index (χ1v) is 10.3. The van der Waals surface area contributed by atoms with Crippen LogP contribution in [0.25, 0.3) is 0 Å². The number of hydrogen-bond donors (Lipinski definition) is 0.